The van der Waals surface area contributed by atoms with Crippen LogP contribution in [-0.4, -0.2) is 5.91 Å². The number of halogens is 1. The van der Waals surface area contributed by atoms with Crippen molar-refractivity contribution in [3.63, 3.8) is 0 Å². The van der Waals surface area contributed by atoms with E-state index in [1.54, 1.807) is 0 Å². The monoisotopic (exact) mass is 239 g/mol. The van der Waals surface area contributed by atoms with Crippen LogP contribution < -0.4 is 5.32 Å². The molecule has 3 heteroatoms. The van der Waals surface area contributed by atoms with Crippen molar-refractivity contribution in [2.24, 2.45) is 0 Å². The van der Waals surface area contributed by atoms with Gasteiger partial charge in [0.1, 0.15) is 0 Å². The summed E-state index contributed by atoms with van der Waals surface area (Å²) in [6, 6.07) is 5.94. The highest BCUT2D eigenvalue weighted by atomic mass is 35.5. The molecule has 1 amide bonds. The molecule has 1 rings (SSSR count). The average Bonchev–Trinajstić information content (AvgIpc) is 2.15. The van der Waals surface area contributed by atoms with Crippen molar-refractivity contribution in [3.05, 3.63) is 29.3 Å². The molecule has 0 spiro atoms. The molecular weight excluding hydrogens is 222 g/mol. The van der Waals surface area contributed by atoms with Crippen LogP contribution >= 0.6 is 11.6 Å². The van der Waals surface area contributed by atoms with Crippen LogP contribution in [0.4, 0.5) is 5.69 Å². The number of hydrogen-bond acceptors (Lipinski definition) is 1. The first-order valence-corrected chi connectivity index (χ1v) is 5.85. The molecule has 0 aliphatic carbocycles. The zero-order chi connectivity index (χ0) is 12.3. The van der Waals surface area contributed by atoms with E-state index in [-0.39, 0.29) is 11.3 Å². The summed E-state index contributed by atoms with van der Waals surface area (Å²) in [5.74, 6) is 0.336. The van der Waals surface area contributed by atoms with E-state index in [0.717, 1.165) is 16.8 Å². The summed E-state index contributed by atoms with van der Waals surface area (Å²) in [5.41, 5.74) is 2.92. The smallest absolute Gasteiger partial charge is 0.221 e. The van der Waals surface area contributed by atoms with E-state index in [4.69, 9.17) is 11.6 Å². The molecule has 0 atom stereocenters. The van der Waals surface area contributed by atoms with Gasteiger partial charge < -0.3 is 5.32 Å². The fourth-order valence-corrected chi connectivity index (χ4v) is 1.88. The largest absolute Gasteiger partial charge is 0.326 e. The molecular formula is C13H18ClNO. The van der Waals surface area contributed by atoms with Crippen molar-refractivity contribution >= 4 is 23.2 Å². The van der Waals surface area contributed by atoms with Gasteiger partial charge in [-0.25, -0.2) is 0 Å². The third kappa shape index (κ3) is 2.99. The van der Waals surface area contributed by atoms with Crippen LogP contribution in [0.25, 0.3) is 0 Å². The van der Waals surface area contributed by atoms with E-state index in [9.17, 15) is 4.79 Å². The fraction of sp³-hybridized carbons (Fsp3) is 0.462. The van der Waals surface area contributed by atoms with Gasteiger partial charge in [0.15, 0.2) is 0 Å². The first kappa shape index (κ1) is 13.0. The topological polar surface area (TPSA) is 29.1 Å². The lowest BCUT2D eigenvalue weighted by atomic mass is 9.84. The number of amides is 1. The number of benzene rings is 1. The molecule has 0 heterocycles. The van der Waals surface area contributed by atoms with Crippen molar-refractivity contribution < 1.29 is 4.79 Å². The minimum Gasteiger partial charge on any atom is -0.326 e. The van der Waals surface area contributed by atoms with Crippen molar-refractivity contribution in [2.45, 2.75) is 39.0 Å². The first-order valence-electron chi connectivity index (χ1n) is 5.32. The summed E-state index contributed by atoms with van der Waals surface area (Å²) in [6.45, 7) is 7.86. The van der Waals surface area contributed by atoms with Gasteiger partial charge in [-0.2, -0.15) is 0 Å². The van der Waals surface area contributed by atoms with Gasteiger partial charge in [0, 0.05) is 18.5 Å². The molecule has 88 valence electrons. The minimum atomic E-state index is -0.0666. The molecule has 0 aliphatic rings. The highest BCUT2D eigenvalue weighted by Gasteiger charge is 2.20. The molecule has 0 saturated carbocycles. The Kier molecular flexibility index (Phi) is 3.98. The van der Waals surface area contributed by atoms with Gasteiger partial charge in [-0.05, 0) is 16.5 Å². The third-order valence-electron chi connectivity index (χ3n) is 2.40. The highest BCUT2D eigenvalue weighted by Crippen LogP contribution is 2.32. The number of rotatable bonds is 2. The number of alkyl halides is 1. The SMILES string of the molecule is CC(=O)Nc1c(CCl)cccc1C(C)(C)C. The Morgan fingerprint density at radius 2 is 2.00 bits per heavy atom. The summed E-state index contributed by atoms with van der Waals surface area (Å²) in [7, 11) is 0. The van der Waals surface area contributed by atoms with Crippen molar-refractivity contribution in [1.29, 1.82) is 0 Å². The van der Waals surface area contributed by atoms with E-state index in [1.165, 1.54) is 6.92 Å². The van der Waals surface area contributed by atoms with E-state index in [2.05, 4.69) is 26.1 Å². The first-order chi connectivity index (χ1) is 7.36. The van der Waals surface area contributed by atoms with E-state index < -0.39 is 0 Å². The molecule has 0 fully saturated rings. The van der Waals surface area contributed by atoms with Crippen LogP contribution in [-0.2, 0) is 16.1 Å². The van der Waals surface area contributed by atoms with Crippen LogP contribution in [0.2, 0.25) is 0 Å². The molecule has 0 aliphatic heterocycles. The van der Waals surface area contributed by atoms with Crippen LogP contribution in [0.1, 0.15) is 38.8 Å². The standard InChI is InChI=1S/C13H18ClNO/c1-9(16)15-12-10(8-14)6-5-7-11(12)13(2,3)4/h5-7H,8H2,1-4H3,(H,15,16). The number of para-hydroxylation sites is 1. The Hall–Kier alpha value is -1.02. The molecule has 0 unspecified atom stereocenters. The lowest BCUT2D eigenvalue weighted by Gasteiger charge is -2.24. The van der Waals surface area contributed by atoms with Crippen LogP contribution in [0.5, 0.6) is 0 Å². The van der Waals surface area contributed by atoms with Crippen molar-refractivity contribution in [1.82, 2.24) is 0 Å². The number of carbonyl (C=O) groups excluding carboxylic acids is 1. The summed E-state index contributed by atoms with van der Waals surface area (Å²) in [6.07, 6.45) is 0. The van der Waals surface area contributed by atoms with Crippen molar-refractivity contribution in [3.8, 4) is 0 Å². The molecule has 1 aromatic rings. The van der Waals surface area contributed by atoms with Gasteiger partial charge in [0.05, 0.1) is 0 Å². The van der Waals surface area contributed by atoms with Gasteiger partial charge in [0.2, 0.25) is 5.91 Å². The number of hydrogen-bond donors (Lipinski definition) is 1. The van der Waals surface area contributed by atoms with E-state index in [0.29, 0.717) is 5.88 Å². The normalized spacial score (nSPS) is 11.3. The third-order valence-corrected chi connectivity index (χ3v) is 2.69. The highest BCUT2D eigenvalue weighted by molar-refractivity contribution is 6.17. The second kappa shape index (κ2) is 4.88. The zero-order valence-electron chi connectivity index (χ0n) is 10.2. The zero-order valence-corrected chi connectivity index (χ0v) is 11.0. The number of carbonyl (C=O) groups is 1. The summed E-state index contributed by atoms with van der Waals surface area (Å²) in [4.78, 5) is 11.2. The lowest BCUT2D eigenvalue weighted by molar-refractivity contribution is -0.114. The average molecular weight is 240 g/mol. The maximum atomic E-state index is 11.2. The summed E-state index contributed by atoms with van der Waals surface area (Å²) < 4.78 is 0. The van der Waals surface area contributed by atoms with Gasteiger partial charge in [-0.1, -0.05) is 39.0 Å². The quantitative estimate of drug-likeness (QED) is 0.784. The minimum absolute atomic E-state index is 0.0140. The van der Waals surface area contributed by atoms with Gasteiger partial charge in [-0.15, -0.1) is 11.6 Å². The Balaban J connectivity index is 3.31. The maximum absolute atomic E-state index is 11.2. The molecule has 0 saturated heterocycles. The maximum Gasteiger partial charge on any atom is 0.221 e. The Morgan fingerprint density at radius 3 is 2.44 bits per heavy atom. The Labute approximate surface area is 102 Å². The molecule has 2 nitrogen and oxygen atoms in total. The lowest BCUT2D eigenvalue weighted by Crippen LogP contribution is -2.18. The van der Waals surface area contributed by atoms with Gasteiger partial charge >= 0.3 is 0 Å². The fourth-order valence-electron chi connectivity index (χ4n) is 1.66. The Bertz CT molecular complexity index is 393. The molecule has 1 aromatic carbocycles. The second-order valence-corrected chi connectivity index (χ2v) is 5.17. The van der Waals surface area contributed by atoms with Gasteiger partial charge in [0.25, 0.3) is 0 Å². The van der Waals surface area contributed by atoms with Crippen LogP contribution in [0.3, 0.4) is 0 Å². The second-order valence-electron chi connectivity index (χ2n) is 4.90. The number of nitrogens with one attached hydrogen (secondary N) is 1. The van der Waals surface area contributed by atoms with Crippen LogP contribution in [0, 0.1) is 0 Å². The molecule has 0 aromatic heterocycles. The predicted octanol–water partition coefficient (Wildman–Crippen LogP) is 3.68. The summed E-state index contributed by atoms with van der Waals surface area (Å²) >= 11 is 5.89. The molecule has 16 heavy (non-hydrogen) atoms. The summed E-state index contributed by atoms with van der Waals surface area (Å²) in [5, 5.41) is 2.88. The Morgan fingerprint density at radius 1 is 1.38 bits per heavy atom. The molecule has 0 radical (unpaired) electrons. The van der Waals surface area contributed by atoms with E-state index in [1.807, 2.05) is 18.2 Å². The number of anilines is 1. The van der Waals surface area contributed by atoms with E-state index >= 15 is 0 Å². The molecule has 1 N–H and O–H groups in total. The predicted molar refractivity (Wildman–Crippen MR) is 69.0 cm³/mol. The van der Waals surface area contributed by atoms with Gasteiger partial charge in [-0.3, -0.25) is 4.79 Å². The molecule has 0 bridgehead atoms. The van der Waals surface area contributed by atoms with Crippen molar-refractivity contribution in [2.75, 3.05) is 5.32 Å². The van der Waals surface area contributed by atoms with Crippen LogP contribution in [0.15, 0.2) is 18.2 Å².